The summed E-state index contributed by atoms with van der Waals surface area (Å²) in [6, 6.07) is 24.8. The van der Waals surface area contributed by atoms with E-state index >= 15 is 17.6 Å². The lowest BCUT2D eigenvalue weighted by atomic mass is 9.95. The number of aryl methyl sites for hydroxylation is 2. The molecule has 12 heteroatoms. The van der Waals surface area contributed by atoms with Crippen LogP contribution in [-0.2, 0) is 0 Å². The van der Waals surface area contributed by atoms with Gasteiger partial charge in [0, 0.05) is 42.8 Å². The lowest BCUT2D eigenvalue weighted by molar-refractivity contribution is -0.254. The Morgan fingerprint density at radius 2 is 1.00 bits per heavy atom. The highest BCUT2D eigenvalue weighted by molar-refractivity contribution is 14.1. The molecule has 2 aromatic heterocycles. The van der Waals surface area contributed by atoms with E-state index in [1.54, 1.807) is 26.4 Å². The van der Waals surface area contributed by atoms with Crippen LogP contribution in [0.15, 0.2) is 84.9 Å². The third-order valence-electron chi connectivity index (χ3n) is 8.08. The zero-order valence-corrected chi connectivity index (χ0v) is 29.1. The molecule has 3 nitrogen and oxygen atoms in total. The standard InChI is InChI=1S/C35H26F6INO2S2/c1-19-27(31-32(28-18-30(42)47-20(28)2)34(38,39)35(40,41)33(31,36)37)17-29(46-19)21-5-7-22(8-6-21)43(23-9-13-25(44-3)14-10-23)24-11-15-26(45-4)16-12-24/h5-18H,1-4H3. The Kier molecular flexibility index (Phi) is 8.67. The van der Waals surface area contributed by atoms with Gasteiger partial charge < -0.3 is 14.4 Å². The van der Waals surface area contributed by atoms with E-state index in [2.05, 4.69) is 0 Å². The van der Waals surface area contributed by atoms with Crippen LogP contribution in [0.3, 0.4) is 0 Å². The summed E-state index contributed by atoms with van der Waals surface area (Å²) in [5.74, 6) is -14.4. The Bertz CT molecular complexity index is 1920. The number of hydrogen-bond acceptors (Lipinski definition) is 5. The third-order valence-corrected chi connectivity index (χ3v) is 11.0. The molecule has 0 atom stereocenters. The maximum absolute atomic E-state index is 15.5. The minimum Gasteiger partial charge on any atom is -0.497 e. The molecular weight excluding hydrogens is 771 g/mol. The molecule has 5 aromatic rings. The first-order valence-corrected chi connectivity index (χ1v) is 16.9. The highest BCUT2D eigenvalue weighted by Crippen LogP contribution is 2.66. The van der Waals surface area contributed by atoms with Gasteiger partial charge in [-0.1, -0.05) is 12.1 Å². The molecule has 244 valence electrons. The number of halogens is 7. The summed E-state index contributed by atoms with van der Waals surface area (Å²) < 4.78 is 103. The number of rotatable bonds is 8. The van der Waals surface area contributed by atoms with Gasteiger partial charge in [0.25, 0.3) is 0 Å². The van der Waals surface area contributed by atoms with Crippen molar-refractivity contribution < 1.29 is 35.8 Å². The summed E-state index contributed by atoms with van der Waals surface area (Å²) >= 11 is 4.03. The Morgan fingerprint density at radius 3 is 1.40 bits per heavy atom. The highest BCUT2D eigenvalue weighted by Gasteiger charge is 2.80. The van der Waals surface area contributed by atoms with Gasteiger partial charge in [0.2, 0.25) is 0 Å². The first-order chi connectivity index (χ1) is 22.2. The molecule has 0 aliphatic heterocycles. The van der Waals surface area contributed by atoms with E-state index in [4.69, 9.17) is 9.47 Å². The van der Waals surface area contributed by atoms with Gasteiger partial charge >= 0.3 is 17.8 Å². The van der Waals surface area contributed by atoms with Gasteiger partial charge in [0.05, 0.1) is 17.1 Å². The van der Waals surface area contributed by atoms with Crippen molar-refractivity contribution in [1.29, 1.82) is 0 Å². The van der Waals surface area contributed by atoms with Gasteiger partial charge in [-0.2, -0.15) is 26.3 Å². The average molecular weight is 798 g/mol. The zero-order valence-electron chi connectivity index (χ0n) is 25.3. The largest absolute Gasteiger partial charge is 0.497 e. The zero-order chi connectivity index (χ0) is 33.9. The van der Waals surface area contributed by atoms with Crippen molar-refractivity contribution in [2.24, 2.45) is 0 Å². The number of allylic oxidation sites excluding steroid dienone is 2. The Morgan fingerprint density at radius 1 is 0.596 bits per heavy atom. The van der Waals surface area contributed by atoms with E-state index in [9.17, 15) is 8.78 Å². The lowest BCUT2D eigenvalue weighted by Gasteiger charge is -2.26. The fourth-order valence-electron chi connectivity index (χ4n) is 5.68. The van der Waals surface area contributed by atoms with Crippen LogP contribution < -0.4 is 14.4 Å². The van der Waals surface area contributed by atoms with Crippen molar-refractivity contribution in [3.05, 3.63) is 109 Å². The van der Waals surface area contributed by atoms with Gasteiger partial charge in [0.1, 0.15) is 11.5 Å². The smallest absolute Gasteiger partial charge is 0.380 e. The number of hydrogen-bond donors (Lipinski definition) is 0. The minimum atomic E-state index is -5.60. The Hall–Kier alpha value is -3.49. The average Bonchev–Trinajstić information content (AvgIpc) is 3.62. The molecule has 6 rings (SSSR count). The molecule has 1 aliphatic rings. The number of alkyl halides is 6. The molecular formula is C35H26F6INO2S2. The summed E-state index contributed by atoms with van der Waals surface area (Å²) in [7, 11) is 3.16. The van der Waals surface area contributed by atoms with Gasteiger partial charge in [-0.05, 0) is 126 Å². The molecule has 0 bridgehead atoms. The number of benzene rings is 3. The van der Waals surface area contributed by atoms with Gasteiger partial charge in [0.15, 0.2) is 0 Å². The number of thiophene rings is 2. The summed E-state index contributed by atoms with van der Waals surface area (Å²) in [5, 5.41) is 0. The molecule has 0 saturated carbocycles. The first-order valence-electron chi connectivity index (χ1n) is 14.2. The SMILES string of the molecule is COc1ccc(N(c2ccc(OC)cc2)c2ccc(-c3cc(C4=C(c5cc(I)sc5C)C(F)(F)C(F)(F)C4(F)F)c(C)s3)cc2)cc1. The van der Waals surface area contributed by atoms with Crippen molar-refractivity contribution in [2.45, 2.75) is 31.6 Å². The van der Waals surface area contributed by atoms with E-state index in [0.29, 0.717) is 24.8 Å². The van der Waals surface area contributed by atoms with Crippen LogP contribution in [0.2, 0.25) is 0 Å². The molecule has 0 saturated heterocycles. The van der Waals surface area contributed by atoms with Gasteiger partial charge in [-0.25, -0.2) is 0 Å². The van der Waals surface area contributed by atoms with E-state index in [1.807, 2.05) is 88.2 Å². The topological polar surface area (TPSA) is 21.7 Å². The number of methoxy groups -OCH3 is 2. The van der Waals surface area contributed by atoms with Crippen LogP contribution in [0, 0.1) is 16.7 Å². The lowest BCUT2D eigenvalue weighted by Crippen LogP contribution is -2.48. The van der Waals surface area contributed by atoms with Crippen LogP contribution in [-0.4, -0.2) is 32.0 Å². The summed E-state index contributed by atoms with van der Waals surface area (Å²) in [6.07, 6.45) is 0. The third kappa shape index (κ3) is 5.51. The second kappa shape index (κ2) is 12.2. The molecule has 0 radical (unpaired) electrons. The van der Waals surface area contributed by atoms with Crippen LogP contribution in [0.1, 0.15) is 20.9 Å². The van der Waals surface area contributed by atoms with E-state index in [-0.39, 0.29) is 20.9 Å². The molecule has 0 N–H and O–H groups in total. The first kappa shape index (κ1) is 33.4. The van der Waals surface area contributed by atoms with E-state index in [1.165, 1.54) is 26.0 Å². The minimum absolute atomic E-state index is 0.227. The van der Waals surface area contributed by atoms with Crippen molar-refractivity contribution in [2.75, 3.05) is 19.1 Å². The second-order valence-corrected chi connectivity index (χ2v) is 15.3. The van der Waals surface area contributed by atoms with Crippen molar-refractivity contribution in [3.63, 3.8) is 0 Å². The van der Waals surface area contributed by atoms with Crippen molar-refractivity contribution >= 4 is 73.5 Å². The Balaban J connectivity index is 1.43. The fourth-order valence-corrected chi connectivity index (χ4v) is 8.76. The number of ether oxygens (including phenoxy) is 2. The van der Waals surface area contributed by atoms with Crippen LogP contribution in [0.25, 0.3) is 21.6 Å². The van der Waals surface area contributed by atoms with Crippen LogP contribution >= 0.6 is 45.3 Å². The molecule has 3 aromatic carbocycles. The maximum atomic E-state index is 15.5. The molecule has 0 spiro atoms. The van der Waals surface area contributed by atoms with Gasteiger partial charge in [-0.3, -0.25) is 0 Å². The maximum Gasteiger partial charge on any atom is 0.380 e. The van der Waals surface area contributed by atoms with E-state index < -0.39 is 28.9 Å². The molecule has 2 heterocycles. The summed E-state index contributed by atoms with van der Waals surface area (Å²) in [5.41, 5.74) is -0.197. The van der Waals surface area contributed by atoms with Crippen LogP contribution in [0.5, 0.6) is 11.5 Å². The Labute approximate surface area is 289 Å². The normalized spacial score (nSPS) is 16.4. The van der Waals surface area contributed by atoms with Crippen molar-refractivity contribution in [1.82, 2.24) is 0 Å². The predicted molar refractivity (Wildman–Crippen MR) is 186 cm³/mol. The second-order valence-electron chi connectivity index (χ2n) is 10.9. The van der Waals surface area contributed by atoms with Gasteiger partial charge in [-0.15, -0.1) is 22.7 Å². The molecule has 0 unspecified atom stereocenters. The highest BCUT2D eigenvalue weighted by atomic mass is 127. The van der Waals surface area contributed by atoms with Crippen molar-refractivity contribution in [3.8, 4) is 21.9 Å². The molecule has 1 aliphatic carbocycles. The quantitative estimate of drug-likeness (QED) is 0.115. The van der Waals surface area contributed by atoms with E-state index in [0.717, 1.165) is 39.7 Å². The molecule has 0 amide bonds. The monoisotopic (exact) mass is 797 g/mol. The molecule has 0 fully saturated rings. The number of nitrogens with zero attached hydrogens (tertiary/aromatic N) is 1. The number of anilines is 3. The summed E-state index contributed by atoms with van der Waals surface area (Å²) in [4.78, 5) is 2.96. The fraction of sp³-hybridized carbons (Fsp3) is 0.200. The molecule has 47 heavy (non-hydrogen) atoms. The predicted octanol–water partition coefficient (Wildman–Crippen LogP) is 12.0. The van der Waals surface area contributed by atoms with Crippen LogP contribution in [0.4, 0.5) is 43.4 Å². The summed E-state index contributed by atoms with van der Waals surface area (Å²) in [6.45, 7) is 2.94.